The maximum atomic E-state index is 8.08. The molecule has 0 amide bonds. The van der Waals surface area contributed by atoms with Crippen LogP contribution in [0.3, 0.4) is 0 Å². The summed E-state index contributed by atoms with van der Waals surface area (Å²) in [6.45, 7) is 3.66. The Bertz CT molecular complexity index is 33.2. The zero-order valence-electron chi connectivity index (χ0n) is 3.72. The van der Waals surface area contributed by atoms with E-state index in [2.05, 4.69) is 6.92 Å². The van der Waals surface area contributed by atoms with Crippen LogP contribution in [0.2, 0.25) is 0 Å². The third-order valence-electron chi connectivity index (χ3n) is 0.439. The molecule has 0 fully saturated rings. The minimum atomic E-state index is 0.134. The number of allylic oxidation sites excluding steroid dienone is 1. The predicted molar refractivity (Wildman–Crippen MR) is 26.2 cm³/mol. The molecule has 0 spiro atoms. The van der Waals surface area contributed by atoms with Crippen molar-refractivity contribution in [1.82, 2.24) is 0 Å². The van der Waals surface area contributed by atoms with Crippen molar-refractivity contribution in [3.63, 3.8) is 0 Å². The van der Waals surface area contributed by atoms with Crippen molar-refractivity contribution in [3.8, 4) is 0 Å². The van der Waals surface area contributed by atoms with E-state index in [1.807, 2.05) is 6.08 Å². The largest absolute Gasteiger partial charge is 0.392 e. The standard InChI is InChI=1S/C5H9O/c1-2-3-4-5-6/h3-4,6H,1-2,5H2. The number of aliphatic hydroxyl groups is 1. The zero-order chi connectivity index (χ0) is 4.83. The van der Waals surface area contributed by atoms with Gasteiger partial charge >= 0.3 is 0 Å². The fraction of sp³-hybridized carbons (Fsp3) is 0.400. The molecule has 0 aromatic carbocycles. The quantitative estimate of drug-likeness (QED) is 0.491. The van der Waals surface area contributed by atoms with Gasteiger partial charge in [-0.1, -0.05) is 12.2 Å². The van der Waals surface area contributed by atoms with Crippen molar-refractivity contribution in [1.29, 1.82) is 0 Å². The van der Waals surface area contributed by atoms with Crippen LogP contribution in [0.25, 0.3) is 0 Å². The molecule has 0 aliphatic rings. The van der Waals surface area contributed by atoms with E-state index < -0.39 is 0 Å². The highest BCUT2D eigenvalue weighted by Gasteiger charge is 1.60. The number of aliphatic hydroxyl groups excluding tert-OH is 1. The second kappa shape index (κ2) is 4.70. The summed E-state index contributed by atoms with van der Waals surface area (Å²) < 4.78 is 0. The highest BCUT2D eigenvalue weighted by atomic mass is 16.2. The maximum absolute atomic E-state index is 8.08. The van der Waals surface area contributed by atoms with E-state index in [-0.39, 0.29) is 6.61 Å². The zero-order valence-corrected chi connectivity index (χ0v) is 3.72. The minimum absolute atomic E-state index is 0.134. The van der Waals surface area contributed by atoms with Gasteiger partial charge in [-0.3, -0.25) is 0 Å². The average molecular weight is 85.1 g/mol. The number of rotatable bonds is 2. The fourth-order valence-electron chi connectivity index (χ4n) is 0.192. The Morgan fingerprint density at radius 1 is 1.50 bits per heavy atom. The summed E-state index contributed by atoms with van der Waals surface area (Å²) in [6, 6.07) is 0. The normalized spacial score (nSPS) is 10.3. The molecule has 0 aliphatic carbocycles. The summed E-state index contributed by atoms with van der Waals surface area (Å²) >= 11 is 0. The first-order valence-corrected chi connectivity index (χ1v) is 1.97. The van der Waals surface area contributed by atoms with Crippen LogP contribution in [0.15, 0.2) is 12.2 Å². The van der Waals surface area contributed by atoms with Gasteiger partial charge < -0.3 is 5.11 Å². The van der Waals surface area contributed by atoms with Gasteiger partial charge in [-0.2, -0.15) is 0 Å². The van der Waals surface area contributed by atoms with E-state index in [0.29, 0.717) is 0 Å². The van der Waals surface area contributed by atoms with E-state index in [1.165, 1.54) is 0 Å². The topological polar surface area (TPSA) is 20.2 Å². The molecule has 1 heteroatoms. The molecule has 0 saturated carbocycles. The van der Waals surface area contributed by atoms with Crippen molar-refractivity contribution in [3.05, 3.63) is 19.1 Å². The van der Waals surface area contributed by atoms with E-state index in [1.54, 1.807) is 6.08 Å². The van der Waals surface area contributed by atoms with Crippen LogP contribution in [-0.4, -0.2) is 11.7 Å². The second-order valence-electron chi connectivity index (χ2n) is 0.943. The van der Waals surface area contributed by atoms with Gasteiger partial charge in [0.2, 0.25) is 0 Å². The molecule has 0 unspecified atom stereocenters. The Balaban J connectivity index is 2.73. The van der Waals surface area contributed by atoms with Gasteiger partial charge in [0.05, 0.1) is 6.61 Å². The van der Waals surface area contributed by atoms with Crippen LogP contribution in [-0.2, 0) is 0 Å². The third kappa shape index (κ3) is 3.70. The van der Waals surface area contributed by atoms with Crippen LogP contribution in [0, 0.1) is 6.92 Å². The van der Waals surface area contributed by atoms with Gasteiger partial charge in [-0.25, -0.2) is 0 Å². The average Bonchev–Trinajstić information content (AvgIpc) is 1.61. The summed E-state index contributed by atoms with van der Waals surface area (Å²) in [4.78, 5) is 0. The molecular formula is C5H9O. The van der Waals surface area contributed by atoms with Crippen molar-refractivity contribution in [2.45, 2.75) is 6.42 Å². The van der Waals surface area contributed by atoms with Crippen molar-refractivity contribution in [2.24, 2.45) is 0 Å². The van der Waals surface area contributed by atoms with Gasteiger partial charge in [0.25, 0.3) is 0 Å². The highest BCUT2D eigenvalue weighted by Crippen LogP contribution is 1.74. The lowest BCUT2D eigenvalue weighted by Crippen LogP contribution is -1.67. The Morgan fingerprint density at radius 3 is 2.33 bits per heavy atom. The van der Waals surface area contributed by atoms with Crippen LogP contribution < -0.4 is 0 Å². The summed E-state index contributed by atoms with van der Waals surface area (Å²) in [7, 11) is 0. The molecule has 0 aliphatic heterocycles. The minimum Gasteiger partial charge on any atom is -0.392 e. The molecule has 0 aromatic rings. The summed E-state index contributed by atoms with van der Waals surface area (Å²) in [5.74, 6) is 0. The Labute approximate surface area is 38.3 Å². The van der Waals surface area contributed by atoms with Gasteiger partial charge in [-0.05, 0) is 13.3 Å². The molecule has 6 heavy (non-hydrogen) atoms. The molecular weight excluding hydrogens is 76.1 g/mol. The molecule has 35 valence electrons. The molecule has 0 rings (SSSR count). The summed E-state index contributed by atoms with van der Waals surface area (Å²) in [5.41, 5.74) is 0. The van der Waals surface area contributed by atoms with Crippen LogP contribution in [0.1, 0.15) is 6.42 Å². The molecule has 0 atom stereocenters. The van der Waals surface area contributed by atoms with E-state index in [4.69, 9.17) is 5.11 Å². The van der Waals surface area contributed by atoms with E-state index >= 15 is 0 Å². The van der Waals surface area contributed by atoms with Gasteiger partial charge in [-0.15, -0.1) is 0 Å². The first-order chi connectivity index (χ1) is 2.91. The maximum Gasteiger partial charge on any atom is 0.0612 e. The van der Waals surface area contributed by atoms with Gasteiger partial charge in [0.15, 0.2) is 0 Å². The first kappa shape index (κ1) is 5.70. The third-order valence-corrected chi connectivity index (χ3v) is 0.439. The van der Waals surface area contributed by atoms with Gasteiger partial charge in [0, 0.05) is 0 Å². The summed E-state index contributed by atoms with van der Waals surface area (Å²) in [6.07, 6.45) is 4.26. The Morgan fingerprint density at radius 2 is 2.17 bits per heavy atom. The van der Waals surface area contributed by atoms with Crippen molar-refractivity contribution in [2.75, 3.05) is 6.61 Å². The predicted octanol–water partition coefficient (Wildman–Crippen LogP) is 0.759. The molecule has 0 aromatic heterocycles. The van der Waals surface area contributed by atoms with Gasteiger partial charge in [0.1, 0.15) is 0 Å². The Kier molecular flexibility index (Phi) is 4.46. The molecule has 1 N–H and O–H groups in total. The van der Waals surface area contributed by atoms with Crippen molar-refractivity contribution < 1.29 is 5.11 Å². The van der Waals surface area contributed by atoms with E-state index in [0.717, 1.165) is 6.42 Å². The summed E-state index contributed by atoms with van der Waals surface area (Å²) in [5, 5.41) is 8.08. The lowest BCUT2D eigenvalue weighted by molar-refractivity contribution is 0.342. The van der Waals surface area contributed by atoms with E-state index in [9.17, 15) is 0 Å². The highest BCUT2D eigenvalue weighted by molar-refractivity contribution is 4.80. The first-order valence-electron chi connectivity index (χ1n) is 1.97. The second-order valence-corrected chi connectivity index (χ2v) is 0.943. The Hall–Kier alpha value is -0.300. The van der Waals surface area contributed by atoms with Crippen LogP contribution in [0.4, 0.5) is 0 Å². The number of hydrogen-bond acceptors (Lipinski definition) is 1. The fourth-order valence-corrected chi connectivity index (χ4v) is 0.192. The molecule has 0 bridgehead atoms. The van der Waals surface area contributed by atoms with Crippen LogP contribution >= 0.6 is 0 Å². The molecule has 1 radical (unpaired) electrons. The lowest BCUT2D eigenvalue weighted by atomic mass is 10.4. The smallest absolute Gasteiger partial charge is 0.0612 e. The molecule has 0 heterocycles. The lowest BCUT2D eigenvalue weighted by Gasteiger charge is -1.72. The number of hydrogen-bond donors (Lipinski definition) is 1. The molecule has 0 saturated heterocycles. The SMILES string of the molecule is [CH2]CC=CCO. The van der Waals surface area contributed by atoms with Crippen LogP contribution in [0.5, 0.6) is 0 Å². The monoisotopic (exact) mass is 85.1 g/mol. The molecule has 1 nitrogen and oxygen atoms in total. The van der Waals surface area contributed by atoms with Crippen molar-refractivity contribution >= 4 is 0 Å².